The highest BCUT2D eigenvalue weighted by Gasteiger charge is 2.38. The second-order valence-electron chi connectivity index (χ2n) is 18.1. The summed E-state index contributed by atoms with van der Waals surface area (Å²) in [5, 5.41) is 15.6. The summed E-state index contributed by atoms with van der Waals surface area (Å²) >= 11 is 0. The molecule has 0 aliphatic carbocycles. The summed E-state index contributed by atoms with van der Waals surface area (Å²) in [4.78, 5) is 2.34. The van der Waals surface area contributed by atoms with Crippen molar-refractivity contribution in [1.82, 2.24) is 0 Å². The van der Waals surface area contributed by atoms with Crippen molar-refractivity contribution in [2.75, 3.05) is 4.90 Å². The van der Waals surface area contributed by atoms with Crippen molar-refractivity contribution in [3.63, 3.8) is 0 Å². The fraction of sp³-hybridized carbons (Fsp3) is 0.0492. The van der Waals surface area contributed by atoms with Crippen LogP contribution < -0.4 is 15.3 Å². The van der Waals surface area contributed by atoms with E-state index in [0.29, 0.717) is 0 Å². The summed E-state index contributed by atoms with van der Waals surface area (Å²) < 4.78 is 6.62. The maximum atomic E-state index is 6.62. The maximum absolute atomic E-state index is 6.62. The number of hydrogen-bond acceptors (Lipinski definition) is 2. The molecular formula is C61H43NOSi. The third-order valence-electron chi connectivity index (χ3n) is 14.1. The minimum Gasteiger partial charge on any atom is -0.454 e. The predicted octanol–water partition coefficient (Wildman–Crippen LogP) is 16.1. The van der Waals surface area contributed by atoms with Crippen LogP contribution in [0.1, 0.15) is 5.56 Å². The van der Waals surface area contributed by atoms with Crippen LogP contribution in [0.3, 0.4) is 0 Å². The molecule has 0 unspecified atom stereocenters. The molecule has 1 aromatic heterocycles. The molecule has 0 spiro atoms. The third kappa shape index (κ3) is 5.44. The number of rotatable bonds is 5. The minimum absolute atomic E-state index is 0.879. The lowest BCUT2D eigenvalue weighted by atomic mass is 9.85. The Morgan fingerprint density at radius 2 is 0.984 bits per heavy atom. The topological polar surface area (TPSA) is 16.4 Å². The maximum Gasteiger partial charge on any atom is 0.159 e. The van der Waals surface area contributed by atoms with Gasteiger partial charge in [-0.05, 0) is 148 Å². The number of furan rings is 1. The van der Waals surface area contributed by atoms with Crippen LogP contribution in [0.25, 0.3) is 98.4 Å². The molecule has 0 saturated carbocycles. The molecule has 2 heterocycles. The fourth-order valence-corrected chi connectivity index (χ4v) is 14.1. The van der Waals surface area contributed by atoms with Gasteiger partial charge < -0.3 is 9.32 Å². The van der Waals surface area contributed by atoms with Crippen LogP contribution in [0.15, 0.2) is 211 Å². The van der Waals surface area contributed by atoms with E-state index in [9.17, 15) is 0 Å². The highest BCUT2D eigenvalue weighted by molar-refractivity contribution is 7.04. The van der Waals surface area contributed by atoms with E-state index in [0.717, 1.165) is 39.0 Å². The van der Waals surface area contributed by atoms with Gasteiger partial charge in [0.25, 0.3) is 0 Å². The van der Waals surface area contributed by atoms with Gasteiger partial charge in [0.2, 0.25) is 0 Å². The molecule has 0 amide bonds. The number of fused-ring (bicyclic) bond motifs is 11. The zero-order chi connectivity index (χ0) is 42.7. The zero-order valence-electron chi connectivity index (χ0n) is 36.0. The van der Waals surface area contributed by atoms with Gasteiger partial charge in [0.05, 0.1) is 5.69 Å². The molecule has 0 saturated heterocycles. The van der Waals surface area contributed by atoms with E-state index >= 15 is 0 Å². The first kappa shape index (κ1) is 36.9. The van der Waals surface area contributed by atoms with Crippen LogP contribution in [-0.4, -0.2) is 8.07 Å². The number of nitrogens with zero attached hydrogens (tertiary/aromatic N) is 1. The highest BCUT2D eigenvalue weighted by Crippen LogP contribution is 2.47. The lowest BCUT2D eigenvalue weighted by molar-refractivity contribution is 0.669. The summed E-state index contributed by atoms with van der Waals surface area (Å²) in [6.45, 7) is 7.20. The van der Waals surface area contributed by atoms with Crippen molar-refractivity contribution in [3.8, 4) is 33.4 Å². The Balaban J connectivity index is 0.978. The molecule has 3 heteroatoms. The van der Waals surface area contributed by atoms with Crippen LogP contribution in [0.5, 0.6) is 0 Å². The van der Waals surface area contributed by atoms with Crippen LogP contribution in [-0.2, 0) is 0 Å². The molecule has 64 heavy (non-hydrogen) atoms. The van der Waals surface area contributed by atoms with Gasteiger partial charge in [-0.2, -0.15) is 0 Å². The van der Waals surface area contributed by atoms with E-state index in [1.807, 2.05) is 6.07 Å². The van der Waals surface area contributed by atoms with Gasteiger partial charge in [0, 0.05) is 22.1 Å². The first-order chi connectivity index (χ1) is 31.4. The first-order valence-corrected chi connectivity index (χ1v) is 25.3. The summed E-state index contributed by atoms with van der Waals surface area (Å²) in [6, 6.07) is 76.5. The Labute approximate surface area is 373 Å². The van der Waals surface area contributed by atoms with Gasteiger partial charge in [-0.3, -0.25) is 0 Å². The van der Waals surface area contributed by atoms with Crippen LogP contribution in [0.4, 0.5) is 17.1 Å². The van der Waals surface area contributed by atoms with Crippen LogP contribution >= 0.6 is 0 Å². The van der Waals surface area contributed by atoms with Gasteiger partial charge in [0.1, 0.15) is 13.7 Å². The third-order valence-corrected chi connectivity index (χ3v) is 17.6. The number of benzene rings is 11. The average Bonchev–Trinajstić information content (AvgIpc) is 3.82. The molecule has 0 bridgehead atoms. The summed E-state index contributed by atoms with van der Waals surface area (Å²) in [5.41, 5.74) is 13.9. The molecule has 12 aromatic rings. The van der Waals surface area contributed by atoms with E-state index < -0.39 is 8.07 Å². The summed E-state index contributed by atoms with van der Waals surface area (Å²) in [7, 11) is -1.94. The largest absolute Gasteiger partial charge is 0.454 e. The molecule has 0 radical (unpaired) electrons. The quantitative estimate of drug-likeness (QED) is 0.0976. The van der Waals surface area contributed by atoms with E-state index in [4.69, 9.17) is 4.42 Å². The van der Waals surface area contributed by atoms with Gasteiger partial charge in [-0.1, -0.05) is 171 Å². The van der Waals surface area contributed by atoms with Crippen molar-refractivity contribution in [2.24, 2.45) is 0 Å². The van der Waals surface area contributed by atoms with Gasteiger partial charge in [-0.15, -0.1) is 0 Å². The molecule has 302 valence electrons. The summed E-state index contributed by atoms with van der Waals surface area (Å²) in [6.07, 6.45) is 0. The molecule has 2 nitrogen and oxygen atoms in total. The van der Waals surface area contributed by atoms with Crippen LogP contribution in [0.2, 0.25) is 13.1 Å². The van der Waals surface area contributed by atoms with Crippen molar-refractivity contribution in [3.05, 3.63) is 212 Å². The second kappa shape index (κ2) is 13.9. The Morgan fingerprint density at radius 3 is 1.72 bits per heavy atom. The number of aryl methyl sites for hydroxylation is 1. The molecule has 13 rings (SSSR count). The first-order valence-electron chi connectivity index (χ1n) is 22.3. The minimum atomic E-state index is -1.94. The average molecular weight is 834 g/mol. The molecule has 11 aromatic carbocycles. The molecule has 0 fully saturated rings. The number of para-hydroxylation sites is 2. The predicted molar refractivity (Wildman–Crippen MR) is 276 cm³/mol. The zero-order valence-corrected chi connectivity index (χ0v) is 37.0. The van der Waals surface area contributed by atoms with Crippen molar-refractivity contribution in [2.45, 2.75) is 20.0 Å². The molecule has 0 atom stereocenters. The number of anilines is 3. The molecule has 1 aliphatic rings. The van der Waals surface area contributed by atoms with E-state index in [-0.39, 0.29) is 0 Å². The Bertz CT molecular complexity index is 3840. The van der Waals surface area contributed by atoms with E-state index in [1.54, 1.807) is 0 Å². The standard InChI is InChI=1S/C61H43NOSi/c1-38-14-12-16-44(34-38)62(55-24-13-23-51-46-18-10-11-25-56(46)63-61(51)55)43-31-28-40(29-32-43)59-47-19-6-8-21-49(47)60(50-22-9-7-20-48(50)59)42-30-33-57-53(35-42)54-37-52-41(36-58(54)64(57,2)3)27-26-39-15-4-5-17-45(39)52/h4-37H,1-3H3. The fourth-order valence-electron chi connectivity index (χ4n) is 11.0. The van der Waals surface area contributed by atoms with E-state index in [1.165, 1.54) is 92.4 Å². The Morgan fingerprint density at radius 1 is 0.391 bits per heavy atom. The highest BCUT2D eigenvalue weighted by atomic mass is 28.3. The molecule has 1 aliphatic heterocycles. The van der Waals surface area contributed by atoms with Gasteiger partial charge in [0.15, 0.2) is 5.58 Å². The number of hydrogen-bond donors (Lipinski definition) is 0. The SMILES string of the molecule is Cc1cccc(N(c2ccc(-c3c4ccccc4c(-c4ccc5c(c4)-c4cc6c(ccc7ccccc76)cc4[Si]5(C)C)c4ccccc34)cc2)c2cccc3c2oc2ccccc23)c1. The Kier molecular flexibility index (Phi) is 8.01. The van der Waals surface area contributed by atoms with E-state index in [2.05, 4.69) is 225 Å². The molecular weight excluding hydrogens is 791 g/mol. The Hall–Kier alpha value is -7.72. The molecule has 0 N–H and O–H groups in total. The lowest BCUT2D eigenvalue weighted by Crippen LogP contribution is -2.49. The van der Waals surface area contributed by atoms with Crippen molar-refractivity contribution < 1.29 is 4.42 Å². The van der Waals surface area contributed by atoms with Gasteiger partial charge >= 0.3 is 0 Å². The summed E-state index contributed by atoms with van der Waals surface area (Å²) in [5.74, 6) is 0. The normalized spacial score (nSPS) is 13.0. The van der Waals surface area contributed by atoms with Crippen molar-refractivity contribution >= 4 is 101 Å². The monoisotopic (exact) mass is 833 g/mol. The second-order valence-corrected chi connectivity index (χ2v) is 22.4. The smallest absolute Gasteiger partial charge is 0.159 e. The van der Waals surface area contributed by atoms with Crippen molar-refractivity contribution in [1.29, 1.82) is 0 Å². The van der Waals surface area contributed by atoms with Gasteiger partial charge in [-0.25, -0.2) is 0 Å². The van der Waals surface area contributed by atoms with Crippen LogP contribution in [0, 0.1) is 6.92 Å². The lowest BCUT2D eigenvalue weighted by Gasteiger charge is -2.26.